The number of benzene rings is 3. The molecular formula is C26H24N4O4. The molecule has 2 N–H and O–H groups in total. The zero-order valence-corrected chi connectivity index (χ0v) is 18.9. The fourth-order valence-electron chi connectivity index (χ4n) is 4.04. The van der Waals surface area contributed by atoms with Crippen molar-refractivity contribution < 1.29 is 19.1 Å². The van der Waals surface area contributed by atoms with Crippen LogP contribution in [0.5, 0.6) is 11.5 Å². The number of aryl methyl sites for hydroxylation is 1. The summed E-state index contributed by atoms with van der Waals surface area (Å²) < 4.78 is 12.5. The zero-order chi connectivity index (χ0) is 23.7. The standard InChI is InChI=1S/C26H24N4O4/c1-16-6-5-7-18(12-16)26(32)27-17(2)25-29-20-8-3-4-9-21(20)30(25)14-24(31)28-19-10-11-22-23(13-19)34-15-33-22/h3-13,17H,14-15H2,1-2H3,(H,27,32)(H,28,31). The number of carbonyl (C=O) groups excluding carboxylic acids is 2. The summed E-state index contributed by atoms with van der Waals surface area (Å²) in [6.45, 7) is 4.01. The van der Waals surface area contributed by atoms with Gasteiger partial charge in [0.25, 0.3) is 5.91 Å². The maximum atomic E-state index is 13.0. The highest BCUT2D eigenvalue weighted by Gasteiger charge is 2.21. The van der Waals surface area contributed by atoms with Gasteiger partial charge in [-0.1, -0.05) is 29.8 Å². The maximum absolute atomic E-state index is 13.0. The fraction of sp³-hybridized carbons (Fsp3) is 0.192. The number of anilines is 1. The third-order valence-corrected chi connectivity index (χ3v) is 5.66. The quantitative estimate of drug-likeness (QED) is 0.453. The van der Waals surface area contributed by atoms with Gasteiger partial charge in [0.2, 0.25) is 12.7 Å². The molecule has 8 nitrogen and oxygen atoms in total. The molecule has 0 spiro atoms. The Hall–Kier alpha value is -4.33. The Morgan fingerprint density at radius 1 is 1.03 bits per heavy atom. The number of ether oxygens (including phenoxy) is 2. The van der Waals surface area contributed by atoms with Crippen LogP contribution in [0.15, 0.2) is 66.7 Å². The average molecular weight is 457 g/mol. The minimum absolute atomic E-state index is 0.0367. The first kappa shape index (κ1) is 21.5. The normalized spacial score (nSPS) is 13.0. The molecule has 0 saturated carbocycles. The van der Waals surface area contributed by atoms with E-state index in [9.17, 15) is 9.59 Å². The third kappa shape index (κ3) is 4.30. The van der Waals surface area contributed by atoms with E-state index in [1.165, 1.54) is 0 Å². The van der Waals surface area contributed by atoms with Crippen molar-refractivity contribution in [3.63, 3.8) is 0 Å². The van der Waals surface area contributed by atoms with Crippen LogP contribution in [0, 0.1) is 6.92 Å². The van der Waals surface area contributed by atoms with Crippen LogP contribution in [0.4, 0.5) is 5.69 Å². The molecule has 5 rings (SSSR count). The lowest BCUT2D eigenvalue weighted by atomic mass is 10.1. The number of nitrogens with zero attached hydrogens (tertiary/aromatic N) is 2. The maximum Gasteiger partial charge on any atom is 0.251 e. The summed E-state index contributed by atoms with van der Waals surface area (Å²) in [6.07, 6.45) is 0. The van der Waals surface area contributed by atoms with Gasteiger partial charge in [0.05, 0.1) is 17.1 Å². The van der Waals surface area contributed by atoms with Crippen LogP contribution in [-0.2, 0) is 11.3 Å². The number of imidazole rings is 1. The van der Waals surface area contributed by atoms with Gasteiger partial charge in [0.15, 0.2) is 11.5 Å². The molecule has 1 aliphatic heterocycles. The predicted molar refractivity (Wildman–Crippen MR) is 128 cm³/mol. The Labute approximate surface area is 196 Å². The summed E-state index contributed by atoms with van der Waals surface area (Å²) in [6, 6.07) is 19.8. The van der Waals surface area contributed by atoms with Crippen molar-refractivity contribution in [1.29, 1.82) is 0 Å². The monoisotopic (exact) mass is 456 g/mol. The van der Waals surface area contributed by atoms with Crippen LogP contribution in [0.2, 0.25) is 0 Å². The number of hydrogen-bond acceptors (Lipinski definition) is 5. The van der Waals surface area contributed by atoms with E-state index in [1.54, 1.807) is 24.3 Å². The van der Waals surface area contributed by atoms with Gasteiger partial charge < -0.3 is 24.7 Å². The molecule has 1 unspecified atom stereocenters. The van der Waals surface area contributed by atoms with Gasteiger partial charge >= 0.3 is 0 Å². The number of fused-ring (bicyclic) bond motifs is 2. The zero-order valence-electron chi connectivity index (χ0n) is 18.9. The molecule has 8 heteroatoms. The summed E-state index contributed by atoms with van der Waals surface area (Å²) in [4.78, 5) is 30.5. The Morgan fingerprint density at radius 3 is 2.71 bits per heavy atom. The second-order valence-electron chi connectivity index (χ2n) is 8.23. The highest BCUT2D eigenvalue weighted by Crippen LogP contribution is 2.34. The lowest BCUT2D eigenvalue weighted by Gasteiger charge is -2.16. The van der Waals surface area contributed by atoms with Crippen LogP contribution >= 0.6 is 0 Å². The van der Waals surface area contributed by atoms with Crippen LogP contribution in [0.3, 0.4) is 0 Å². The summed E-state index contributed by atoms with van der Waals surface area (Å²) in [7, 11) is 0. The highest BCUT2D eigenvalue weighted by atomic mass is 16.7. The molecule has 2 amide bonds. The van der Waals surface area contributed by atoms with E-state index in [1.807, 2.05) is 60.9 Å². The van der Waals surface area contributed by atoms with Crippen molar-refractivity contribution in [3.8, 4) is 11.5 Å². The molecule has 0 aliphatic carbocycles. The van der Waals surface area contributed by atoms with Crippen LogP contribution in [0.25, 0.3) is 11.0 Å². The first-order valence-electron chi connectivity index (χ1n) is 11.0. The van der Waals surface area contributed by atoms with Crippen molar-refractivity contribution in [2.45, 2.75) is 26.4 Å². The topological polar surface area (TPSA) is 94.5 Å². The van der Waals surface area contributed by atoms with Crippen molar-refractivity contribution in [2.24, 2.45) is 0 Å². The van der Waals surface area contributed by atoms with Gasteiger partial charge in [-0.3, -0.25) is 9.59 Å². The molecule has 2 heterocycles. The van der Waals surface area contributed by atoms with E-state index in [2.05, 4.69) is 10.6 Å². The molecule has 1 aliphatic rings. The second-order valence-corrected chi connectivity index (χ2v) is 8.23. The van der Waals surface area contributed by atoms with Gasteiger partial charge in [-0.2, -0.15) is 0 Å². The Morgan fingerprint density at radius 2 is 1.85 bits per heavy atom. The predicted octanol–water partition coefficient (Wildman–Crippen LogP) is 4.20. The molecule has 0 bridgehead atoms. The van der Waals surface area contributed by atoms with Gasteiger partial charge in [0.1, 0.15) is 12.4 Å². The smallest absolute Gasteiger partial charge is 0.251 e. The van der Waals surface area contributed by atoms with Crippen molar-refractivity contribution in [2.75, 3.05) is 12.1 Å². The van der Waals surface area contributed by atoms with Crippen molar-refractivity contribution in [3.05, 3.63) is 83.7 Å². The van der Waals surface area contributed by atoms with Crippen LogP contribution in [0.1, 0.15) is 34.7 Å². The average Bonchev–Trinajstić information content (AvgIpc) is 3.43. The molecule has 0 saturated heterocycles. The number of amides is 2. The molecular weight excluding hydrogens is 432 g/mol. The van der Waals surface area contributed by atoms with Gasteiger partial charge in [-0.05, 0) is 50.2 Å². The van der Waals surface area contributed by atoms with Gasteiger partial charge in [-0.15, -0.1) is 0 Å². The SMILES string of the molecule is Cc1cccc(C(=O)NC(C)c2nc3ccccc3n2CC(=O)Nc2ccc3c(c2)OCO3)c1. The molecule has 1 aromatic heterocycles. The number of hydrogen-bond donors (Lipinski definition) is 2. The Balaban J connectivity index is 1.38. The van der Waals surface area contributed by atoms with E-state index >= 15 is 0 Å². The van der Waals surface area contributed by atoms with Gasteiger partial charge in [0, 0.05) is 17.3 Å². The summed E-state index contributed by atoms with van der Waals surface area (Å²) in [5.74, 6) is 1.43. The molecule has 34 heavy (non-hydrogen) atoms. The van der Waals surface area contributed by atoms with Crippen LogP contribution < -0.4 is 20.1 Å². The number of nitrogens with one attached hydrogen (secondary N) is 2. The van der Waals surface area contributed by atoms with E-state index in [-0.39, 0.29) is 25.2 Å². The number of rotatable bonds is 6. The Kier molecular flexibility index (Phi) is 5.63. The Bertz CT molecular complexity index is 1390. The number of aromatic nitrogens is 2. The molecule has 4 aromatic rings. The first-order valence-corrected chi connectivity index (χ1v) is 11.0. The lowest BCUT2D eigenvalue weighted by Crippen LogP contribution is -2.30. The van der Waals surface area contributed by atoms with Crippen LogP contribution in [-0.4, -0.2) is 28.2 Å². The minimum atomic E-state index is -0.418. The van der Waals surface area contributed by atoms with Crippen molar-refractivity contribution in [1.82, 2.24) is 14.9 Å². The summed E-state index contributed by atoms with van der Waals surface area (Å²) in [5.41, 5.74) is 3.77. The number of para-hydroxylation sites is 2. The van der Waals surface area contributed by atoms with E-state index in [0.717, 1.165) is 16.6 Å². The van der Waals surface area contributed by atoms with Crippen molar-refractivity contribution >= 4 is 28.5 Å². The lowest BCUT2D eigenvalue weighted by molar-refractivity contribution is -0.116. The fourth-order valence-corrected chi connectivity index (χ4v) is 4.04. The first-order chi connectivity index (χ1) is 16.5. The van der Waals surface area contributed by atoms with E-state index < -0.39 is 6.04 Å². The summed E-state index contributed by atoms with van der Waals surface area (Å²) in [5, 5.41) is 5.91. The number of carbonyl (C=O) groups is 2. The van der Waals surface area contributed by atoms with E-state index in [0.29, 0.717) is 28.6 Å². The highest BCUT2D eigenvalue weighted by molar-refractivity contribution is 5.95. The molecule has 172 valence electrons. The largest absolute Gasteiger partial charge is 0.454 e. The second kappa shape index (κ2) is 8.90. The molecule has 1 atom stereocenters. The molecule has 3 aromatic carbocycles. The third-order valence-electron chi connectivity index (χ3n) is 5.66. The van der Waals surface area contributed by atoms with Gasteiger partial charge in [-0.25, -0.2) is 4.98 Å². The molecule has 0 radical (unpaired) electrons. The minimum Gasteiger partial charge on any atom is -0.454 e. The van der Waals surface area contributed by atoms with E-state index in [4.69, 9.17) is 14.5 Å². The molecule has 0 fully saturated rings. The summed E-state index contributed by atoms with van der Waals surface area (Å²) >= 11 is 0.